The first-order valence-electron chi connectivity index (χ1n) is 5.36. The molecular formula is C10H14BrNO3S2. The monoisotopic (exact) mass is 339 g/mol. The third kappa shape index (κ3) is 3.29. The maximum atomic E-state index is 12.1. The van der Waals surface area contributed by atoms with Gasteiger partial charge in [0, 0.05) is 17.1 Å². The van der Waals surface area contributed by atoms with Crippen LogP contribution in [0.15, 0.2) is 20.1 Å². The van der Waals surface area contributed by atoms with Crippen LogP contribution in [-0.4, -0.2) is 27.2 Å². The Hall–Kier alpha value is 0.0500. The van der Waals surface area contributed by atoms with Crippen molar-refractivity contribution in [3.8, 4) is 0 Å². The van der Waals surface area contributed by atoms with Gasteiger partial charge in [0.05, 0.1) is 6.10 Å². The highest BCUT2D eigenvalue weighted by atomic mass is 79.9. The molecule has 1 fully saturated rings. The van der Waals surface area contributed by atoms with E-state index in [1.165, 1.54) is 11.3 Å². The fourth-order valence-electron chi connectivity index (χ4n) is 1.85. The number of nitrogens with one attached hydrogen (secondary N) is 1. The summed E-state index contributed by atoms with van der Waals surface area (Å²) < 4.78 is 33.3. The number of hydrogen-bond acceptors (Lipinski definition) is 4. The summed E-state index contributed by atoms with van der Waals surface area (Å²) in [7, 11) is -3.40. The molecule has 1 saturated heterocycles. The lowest BCUT2D eigenvalue weighted by molar-refractivity contribution is 0.0173. The van der Waals surface area contributed by atoms with Crippen LogP contribution < -0.4 is 4.72 Å². The van der Waals surface area contributed by atoms with Crippen molar-refractivity contribution >= 4 is 37.3 Å². The molecule has 0 spiro atoms. The molecule has 1 aliphatic heterocycles. The standard InChI is InChI=1S/C10H14BrNO3S2/c1-7-6-8(2-4-15-7)12-17(13,14)10-9(11)3-5-16-10/h3,5,7-8,12H,2,4,6H2,1H3. The van der Waals surface area contributed by atoms with Gasteiger partial charge >= 0.3 is 0 Å². The highest BCUT2D eigenvalue weighted by molar-refractivity contribution is 9.10. The maximum Gasteiger partial charge on any atom is 0.251 e. The van der Waals surface area contributed by atoms with Crippen LogP contribution in [0, 0.1) is 0 Å². The van der Waals surface area contributed by atoms with Crippen LogP contribution >= 0.6 is 27.3 Å². The summed E-state index contributed by atoms with van der Waals surface area (Å²) in [6.07, 6.45) is 1.57. The summed E-state index contributed by atoms with van der Waals surface area (Å²) in [5, 5.41) is 1.76. The predicted molar refractivity (Wildman–Crippen MR) is 70.8 cm³/mol. The lowest BCUT2D eigenvalue weighted by Gasteiger charge is -2.27. The summed E-state index contributed by atoms with van der Waals surface area (Å²) in [5.74, 6) is 0. The van der Waals surface area contributed by atoms with Crippen molar-refractivity contribution in [3.05, 3.63) is 15.9 Å². The van der Waals surface area contributed by atoms with Crippen molar-refractivity contribution in [1.29, 1.82) is 0 Å². The quantitative estimate of drug-likeness (QED) is 0.919. The van der Waals surface area contributed by atoms with Gasteiger partial charge in [-0.05, 0) is 47.1 Å². The fraction of sp³-hybridized carbons (Fsp3) is 0.600. The molecule has 0 bridgehead atoms. The Morgan fingerprint density at radius 3 is 2.94 bits per heavy atom. The molecule has 0 aromatic carbocycles. The summed E-state index contributed by atoms with van der Waals surface area (Å²) in [5.41, 5.74) is 0. The van der Waals surface area contributed by atoms with E-state index in [0.29, 0.717) is 15.3 Å². The number of ether oxygens (including phenoxy) is 1. The van der Waals surface area contributed by atoms with Crippen molar-refractivity contribution in [2.75, 3.05) is 6.61 Å². The Balaban J connectivity index is 2.10. The van der Waals surface area contributed by atoms with Gasteiger partial charge in [-0.1, -0.05) is 0 Å². The van der Waals surface area contributed by atoms with Crippen molar-refractivity contribution < 1.29 is 13.2 Å². The first-order chi connectivity index (χ1) is 7.99. The third-order valence-corrected chi connectivity index (χ3v) is 6.83. The second kappa shape index (κ2) is 5.36. The molecule has 0 amide bonds. The van der Waals surface area contributed by atoms with Gasteiger partial charge in [0.15, 0.2) is 0 Å². The SMILES string of the molecule is CC1CC(NS(=O)(=O)c2sccc2Br)CCO1. The Labute approximate surface area is 114 Å². The topological polar surface area (TPSA) is 55.4 Å². The van der Waals surface area contributed by atoms with Gasteiger partial charge in [-0.15, -0.1) is 11.3 Å². The molecule has 0 saturated carbocycles. The lowest BCUT2D eigenvalue weighted by Crippen LogP contribution is -2.41. The lowest BCUT2D eigenvalue weighted by atomic mass is 10.1. The molecule has 0 aliphatic carbocycles. The van der Waals surface area contributed by atoms with Gasteiger partial charge in [0.25, 0.3) is 10.0 Å². The largest absolute Gasteiger partial charge is 0.378 e. The average molecular weight is 340 g/mol. The molecule has 1 aromatic heterocycles. The highest BCUT2D eigenvalue weighted by Gasteiger charge is 2.26. The maximum absolute atomic E-state index is 12.1. The molecule has 2 rings (SSSR count). The van der Waals surface area contributed by atoms with Gasteiger partial charge in [0.1, 0.15) is 4.21 Å². The van der Waals surface area contributed by atoms with Crippen LogP contribution in [0.4, 0.5) is 0 Å². The van der Waals surface area contributed by atoms with E-state index in [4.69, 9.17) is 4.74 Å². The zero-order chi connectivity index (χ0) is 12.5. The minimum atomic E-state index is -3.40. The van der Waals surface area contributed by atoms with Gasteiger partial charge in [-0.2, -0.15) is 0 Å². The van der Waals surface area contributed by atoms with Crippen molar-refractivity contribution in [3.63, 3.8) is 0 Å². The summed E-state index contributed by atoms with van der Waals surface area (Å²) >= 11 is 4.46. The molecular weight excluding hydrogens is 326 g/mol. The van der Waals surface area contributed by atoms with E-state index < -0.39 is 10.0 Å². The summed E-state index contributed by atoms with van der Waals surface area (Å²) in [6.45, 7) is 2.57. The molecule has 0 radical (unpaired) electrons. The van der Waals surface area contributed by atoms with E-state index in [1.807, 2.05) is 6.92 Å². The van der Waals surface area contributed by atoms with E-state index in [-0.39, 0.29) is 12.1 Å². The molecule has 7 heteroatoms. The van der Waals surface area contributed by atoms with Gasteiger partial charge in [-0.25, -0.2) is 13.1 Å². The Kier molecular flexibility index (Phi) is 4.25. The highest BCUT2D eigenvalue weighted by Crippen LogP contribution is 2.28. The summed E-state index contributed by atoms with van der Waals surface area (Å²) in [6, 6.07) is 1.71. The van der Waals surface area contributed by atoms with E-state index >= 15 is 0 Å². The molecule has 1 aromatic rings. The van der Waals surface area contributed by atoms with E-state index in [2.05, 4.69) is 20.7 Å². The van der Waals surface area contributed by atoms with Gasteiger partial charge < -0.3 is 4.74 Å². The first kappa shape index (κ1) is 13.5. The molecule has 96 valence electrons. The molecule has 17 heavy (non-hydrogen) atoms. The molecule has 2 heterocycles. The zero-order valence-electron chi connectivity index (χ0n) is 9.35. The number of rotatable bonds is 3. The van der Waals surface area contributed by atoms with Crippen LogP contribution in [0.1, 0.15) is 19.8 Å². The number of thiophene rings is 1. The first-order valence-corrected chi connectivity index (χ1v) is 8.51. The van der Waals surface area contributed by atoms with Crippen molar-refractivity contribution in [1.82, 2.24) is 4.72 Å². The van der Waals surface area contributed by atoms with Gasteiger partial charge in [0.2, 0.25) is 0 Å². The van der Waals surface area contributed by atoms with Crippen molar-refractivity contribution in [2.24, 2.45) is 0 Å². The van der Waals surface area contributed by atoms with Crippen LogP contribution in [0.25, 0.3) is 0 Å². The van der Waals surface area contributed by atoms with Crippen LogP contribution in [0.3, 0.4) is 0 Å². The molecule has 4 nitrogen and oxygen atoms in total. The van der Waals surface area contributed by atoms with Gasteiger partial charge in [-0.3, -0.25) is 0 Å². The minimum Gasteiger partial charge on any atom is -0.378 e. The third-order valence-electron chi connectivity index (χ3n) is 2.64. The number of halogens is 1. The predicted octanol–water partition coefficient (Wildman–Crippen LogP) is 2.36. The van der Waals surface area contributed by atoms with E-state index in [1.54, 1.807) is 11.4 Å². The minimum absolute atomic E-state index is 0.0299. The zero-order valence-corrected chi connectivity index (χ0v) is 12.6. The second-order valence-electron chi connectivity index (χ2n) is 4.08. The Morgan fingerprint density at radius 2 is 2.35 bits per heavy atom. The number of hydrogen-bond donors (Lipinski definition) is 1. The molecule has 2 unspecified atom stereocenters. The molecule has 1 aliphatic rings. The van der Waals surface area contributed by atoms with E-state index in [9.17, 15) is 8.42 Å². The summed E-state index contributed by atoms with van der Waals surface area (Å²) in [4.78, 5) is 0. The van der Waals surface area contributed by atoms with Crippen molar-refractivity contribution in [2.45, 2.75) is 36.1 Å². The fourth-order valence-corrected chi connectivity index (χ4v) is 5.49. The normalized spacial score (nSPS) is 26.0. The van der Waals surface area contributed by atoms with Crippen LogP contribution in [0.5, 0.6) is 0 Å². The molecule has 2 atom stereocenters. The van der Waals surface area contributed by atoms with Crippen LogP contribution in [0.2, 0.25) is 0 Å². The number of sulfonamides is 1. The van der Waals surface area contributed by atoms with E-state index in [0.717, 1.165) is 12.8 Å². The Bertz CT molecular complexity index is 485. The Morgan fingerprint density at radius 1 is 1.59 bits per heavy atom. The average Bonchev–Trinajstić information content (AvgIpc) is 2.64. The van der Waals surface area contributed by atoms with Crippen LogP contribution in [-0.2, 0) is 14.8 Å². The molecule has 1 N–H and O–H groups in total. The smallest absolute Gasteiger partial charge is 0.251 e. The second-order valence-corrected chi connectivity index (χ2v) is 7.76.